The number of aliphatic hydroxyl groups excluding tert-OH is 1. The third kappa shape index (κ3) is 1.90. The molecule has 0 amide bonds. The monoisotopic (exact) mass is 220 g/mol. The Morgan fingerprint density at radius 2 is 1.67 bits per heavy atom. The van der Waals surface area contributed by atoms with E-state index in [2.05, 4.69) is 0 Å². The Balaban J connectivity index is 3.02. The van der Waals surface area contributed by atoms with E-state index in [9.17, 15) is 20.4 Å². The first kappa shape index (κ1) is 12.9. The molecule has 90 valence electrons. The minimum absolute atomic E-state index is 0.0633. The van der Waals surface area contributed by atoms with Gasteiger partial charge in [0.2, 0.25) is 0 Å². The molecule has 1 fully saturated rings. The highest BCUT2D eigenvalue weighted by Crippen LogP contribution is 2.43. The molecule has 5 nitrogen and oxygen atoms in total. The van der Waals surface area contributed by atoms with Crippen LogP contribution in [0.15, 0.2) is 0 Å². The van der Waals surface area contributed by atoms with Gasteiger partial charge in [0.15, 0.2) is 5.79 Å². The summed E-state index contributed by atoms with van der Waals surface area (Å²) in [5.41, 5.74) is -3.30. The van der Waals surface area contributed by atoms with Crippen LogP contribution in [-0.4, -0.2) is 49.6 Å². The lowest BCUT2D eigenvalue weighted by atomic mass is 9.73. The Hall–Kier alpha value is -0.200. The molecule has 0 spiro atoms. The maximum Gasteiger partial charge on any atom is 0.194 e. The molecule has 1 aliphatic heterocycles. The van der Waals surface area contributed by atoms with Gasteiger partial charge in [0.25, 0.3) is 0 Å². The average Bonchev–Trinajstić information content (AvgIpc) is 1.99. The number of ether oxygens (including phenoxy) is 1. The highest BCUT2D eigenvalue weighted by Gasteiger charge is 2.60. The van der Waals surface area contributed by atoms with Crippen molar-refractivity contribution in [3.8, 4) is 0 Å². The largest absolute Gasteiger partial charge is 0.391 e. The van der Waals surface area contributed by atoms with Crippen molar-refractivity contribution in [1.29, 1.82) is 0 Å². The minimum Gasteiger partial charge on any atom is -0.391 e. The second kappa shape index (κ2) is 3.40. The quantitative estimate of drug-likeness (QED) is 0.472. The molecule has 5 atom stereocenters. The average molecular weight is 220 g/mol. The maximum atomic E-state index is 10.1. The van der Waals surface area contributed by atoms with Crippen molar-refractivity contribution in [3.05, 3.63) is 0 Å². The summed E-state index contributed by atoms with van der Waals surface area (Å²) in [6.45, 7) is 5.51. The fourth-order valence-corrected chi connectivity index (χ4v) is 1.81. The van der Waals surface area contributed by atoms with Crippen LogP contribution in [0, 0.1) is 0 Å². The van der Waals surface area contributed by atoms with E-state index in [-0.39, 0.29) is 6.42 Å². The highest BCUT2D eigenvalue weighted by atomic mass is 16.7. The maximum absolute atomic E-state index is 10.1. The van der Waals surface area contributed by atoms with Crippen LogP contribution in [0.4, 0.5) is 0 Å². The normalized spacial score (nSPS) is 54.0. The molecule has 0 aromatic rings. The van der Waals surface area contributed by atoms with E-state index in [0.29, 0.717) is 0 Å². The molecule has 1 heterocycles. The van der Waals surface area contributed by atoms with E-state index in [1.807, 2.05) is 0 Å². The van der Waals surface area contributed by atoms with Gasteiger partial charge in [-0.2, -0.15) is 0 Å². The molecule has 5 unspecified atom stereocenters. The van der Waals surface area contributed by atoms with Crippen molar-refractivity contribution in [3.63, 3.8) is 0 Å². The molecule has 0 aliphatic carbocycles. The Kier molecular flexibility index (Phi) is 2.91. The Morgan fingerprint density at radius 3 is 2.00 bits per heavy atom. The Labute approximate surface area is 89.3 Å². The van der Waals surface area contributed by atoms with Crippen molar-refractivity contribution >= 4 is 0 Å². The van der Waals surface area contributed by atoms with E-state index in [1.165, 1.54) is 27.7 Å². The van der Waals surface area contributed by atoms with Crippen LogP contribution < -0.4 is 0 Å². The SMILES string of the molecule is CC(O)C1CC(C)(O)C(C)(O)C(C)(O)O1. The van der Waals surface area contributed by atoms with Gasteiger partial charge in [-0.3, -0.25) is 0 Å². The summed E-state index contributed by atoms with van der Waals surface area (Å²) in [7, 11) is 0. The topological polar surface area (TPSA) is 90.2 Å². The molecule has 1 rings (SSSR count). The van der Waals surface area contributed by atoms with E-state index < -0.39 is 29.2 Å². The fourth-order valence-electron chi connectivity index (χ4n) is 1.81. The summed E-state index contributed by atoms with van der Waals surface area (Å²) >= 11 is 0. The molecular weight excluding hydrogens is 200 g/mol. The number of hydrogen-bond donors (Lipinski definition) is 4. The predicted molar refractivity (Wildman–Crippen MR) is 53.0 cm³/mol. The minimum atomic E-state index is -1.89. The first-order valence-electron chi connectivity index (χ1n) is 5.04. The van der Waals surface area contributed by atoms with Gasteiger partial charge in [-0.05, 0) is 27.7 Å². The fraction of sp³-hybridized carbons (Fsp3) is 1.00. The molecule has 4 N–H and O–H groups in total. The van der Waals surface area contributed by atoms with E-state index in [1.54, 1.807) is 0 Å². The van der Waals surface area contributed by atoms with Crippen LogP contribution in [0.3, 0.4) is 0 Å². The zero-order valence-corrected chi connectivity index (χ0v) is 9.56. The smallest absolute Gasteiger partial charge is 0.194 e. The lowest BCUT2D eigenvalue weighted by Gasteiger charge is -2.54. The zero-order chi connectivity index (χ0) is 12.1. The van der Waals surface area contributed by atoms with E-state index >= 15 is 0 Å². The molecule has 0 radical (unpaired) electrons. The van der Waals surface area contributed by atoms with E-state index in [4.69, 9.17) is 4.74 Å². The van der Waals surface area contributed by atoms with Gasteiger partial charge in [-0.15, -0.1) is 0 Å². The molecule has 0 aromatic carbocycles. The molecule has 5 heteroatoms. The molecule has 0 saturated carbocycles. The molecular formula is C10H20O5. The van der Waals surface area contributed by atoms with Crippen molar-refractivity contribution < 1.29 is 25.2 Å². The number of aliphatic hydroxyl groups is 4. The number of rotatable bonds is 1. The third-order valence-electron chi connectivity index (χ3n) is 3.47. The summed E-state index contributed by atoms with van der Waals surface area (Å²) in [6.07, 6.45) is -1.46. The van der Waals surface area contributed by atoms with Crippen LogP contribution in [0.2, 0.25) is 0 Å². The Morgan fingerprint density at radius 1 is 1.20 bits per heavy atom. The van der Waals surface area contributed by atoms with Crippen molar-refractivity contribution in [2.24, 2.45) is 0 Å². The van der Waals surface area contributed by atoms with E-state index in [0.717, 1.165) is 0 Å². The van der Waals surface area contributed by atoms with Crippen LogP contribution >= 0.6 is 0 Å². The highest BCUT2D eigenvalue weighted by molar-refractivity contribution is 5.06. The lowest BCUT2D eigenvalue weighted by molar-refractivity contribution is -0.381. The second-order valence-corrected chi connectivity index (χ2v) is 4.93. The summed E-state index contributed by atoms with van der Waals surface area (Å²) in [5, 5.41) is 39.4. The zero-order valence-electron chi connectivity index (χ0n) is 9.56. The predicted octanol–water partition coefficient (Wildman–Crippen LogP) is -0.633. The molecule has 1 saturated heterocycles. The lowest BCUT2D eigenvalue weighted by Crippen LogP contribution is -2.71. The van der Waals surface area contributed by atoms with Crippen LogP contribution in [0.5, 0.6) is 0 Å². The molecule has 0 bridgehead atoms. The van der Waals surface area contributed by atoms with Crippen LogP contribution in [0.25, 0.3) is 0 Å². The molecule has 15 heavy (non-hydrogen) atoms. The first-order valence-corrected chi connectivity index (χ1v) is 5.04. The standard InChI is InChI=1S/C10H20O5/c1-6(11)7-5-8(2,12)9(3,13)10(4,14)15-7/h6-7,11-14H,5H2,1-4H3. The summed E-state index contributed by atoms with van der Waals surface area (Å²) < 4.78 is 5.18. The van der Waals surface area contributed by atoms with Crippen molar-refractivity contribution in [1.82, 2.24) is 0 Å². The summed E-state index contributed by atoms with van der Waals surface area (Å²) in [5.74, 6) is -1.89. The number of hydrogen-bond acceptors (Lipinski definition) is 5. The first-order chi connectivity index (χ1) is 6.51. The second-order valence-electron chi connectivity index (χ2n) is 4.93. The van der Waals surface area contributed by atoms with Crippen LogP contribution in [0.1, 0.15) is 34.1 Å². The van der Waals surface area contributed by atoms with Gasteiger partial charge in [0.05, 0.1) is 17.8 Å². The van der Waals surface area contributed by atoms with Gasteiger partial charge >= 0.3 is 0 Å². The van der Waals surface area contributed by atoms with Crippen molar-refractivity contribution in [2.45, 2.75) is 63.3 Å². The third-order valence-corrected chi connectivity index (χ3v) is 3.47. The Bertz CT molecular complexity index is 224. The summed E-state index contributed by atoms with van der Waals surface area (Å²) in [6, 6.07) is 0. The van der Waals surface area contributed by atoms with Gasteiger partial charge in [0.1, 0.15) is 5.60 Å². The van der Waals surface area contributed by atoms with Crippen molar-refractivity contribution in [2.75, 3.05) is 0 Å². The van der Waals surface area contributed by atoms with Gasteiger partial charge < -0.3 is 25.2 Å². The van der Waals surface area contributed by atoms with Gasteiger partial charge in [-0.25, -0.2) is 0 Å². The summed E-state index contributed by atoms with van der Waals surface area (Å²) in [4.78, 5) is 0. The molecule has 0 aromatic heterocycles. The van der Waals surface area contributed by atoms with Gasteiger partial charge in [-0.1, -0.05) is 0 Å². The van der Waals surface area contributed by atoms with Crippen LogP contribution in [-0.2, 0) is 4.74 Å². The van der Waals surface area contributed by atoms with Gasteiger partial charge in [0, 0.05) is 6.42 Å². The molecule has 1 aliphatic rings.